The van der Waals surface area contributed by atoms with Crippen LogP contribution in [0.2, 0.25) is 0 Å². The van der Waals surface area contributed by atoms with Crippen LogP contribution in [0.25, 0.3) is 10.8 Å². The maximum absolute atomic E-state index is 13.2. The number of carbonyl (C=O) groups is 1. The molecule has 4 heterocycles. The molecule has 0 aliphatic carbocycles. The largest absolute Gasteiger partial charge is 0.462 e. The number of nitrogens with zero attached hydrogens (tertiary/aromatic N) is 8. The Morgan fingerprint density at radius 2 is 1.91 bits per heavy atom. The van der Waals surface area contributed by atoms with E-state index in [9.17, 15) is 10.1 Å². The molecule has 0 spiro atoms. The van der Waals surface area contributed by atoms with Gasteiger partial charge in [-0.2, -0.15) is 15.2 Å². The summed E-state index contributed by atoms with van der Waals surface area (Å²) >= 11 is 0. The van der Waals surface area contributed by atoms with Gasteiger partial charge in [0.05, 0.1) is 30.8 Å². The van der Waals surface area contributed by atoms with Crippen LogP contribution in [0, 0.1) is 18.3 Å². The first-order valence-electron chi connectivity index (χ1n) is 16.5. The maximum atomic E-state index is 13.2. The highest BCUT2D eigenvalue weighted by Gasteiger charge is 2.34. The second-order valence-electron chi connectivity index (χ2n) is 13.1. The van der Waals surface area contributed by atoms with Crippen LogP contribution in [0.15, 0.2) is 48.6 Å². The lowest BCUT2D eigenvalue weighted by Gasteiger charge is -2.42. The molecule has 2 aromatic carbocycles. The third kappa shape index (κ3) is 6.81. The van der Waals surface area contributed by atoms with Crippen molar-refractivity contribution in [1.82, 2.24) is 24.7 Å². The molecule has 0 bridgehead atoms. The Hall–Kier alpha value is -4.20. The van der Waals surface area contributed by atoms with Crippen LogP contribution in [0.4, 0.5) is 11.5 Å². The Balaban J connectivity index is 1.30. The van der Waals surface area contributed by atoms with Crippen molar-refractivity contribution in [2.45, 2.75) is 51.2 Å². The molecule has 242 valence electrons. The Morgan fingerprint density at radius 3 is 2.67 bits per heavy atom. The average molecular weight is 623 g/mol. The van der Waals surface area contributed by atoms with Gasteiger partial charge in [-0.1, -0.05) is 36.4 Å². The van der Waals surface area contributed by atoms with E-state index in [4.69, 9.17) is 14.7 Å². The highest BCUT2D eigenvalue weighted by atomic mass is 16.5. The van der Waals surface area contributed by atoms with Gasteiger partial charge in [-0.25, -0.2) is 0 Å². The van der Waals surface area contributed by atoms with Gasteiger partial charge < -0.3 is 29.2 Å². The van der Waals surface area contributed by atoms with Crippen LogP contribution in [-0.4, -0.2) is 110 Å². The summed E-state index contributed by atoms with van der Waals surface area (Å²) in [4.78, 5) is 34.1. The first kappa shape index (κ1) is 31.8. The molecule has 3 aliphatic rings. The molecule has 10 heteroatoms. The SMILES string of the molecule is Cc1cccc2cccc(N3CCc4c(nc(OC[C@@H]5CCCN5C)nc4N4CCN(C(=O)/C=C/CN(C)C)[C@@H](CC#N)C4)C3)c12. The zero-order valence-corrected chi connectivity index (χ0v) is 27.7. The lowest BCUT2D eigenvalue weighted by Crippen LogP contribution is -2.55. The molecule has 2 fully saturated rings. The highest BCUT2D eigenvalue weighted by Crippen LogP contribution is 2.36. The van der Waals surface area contributed by atoms with E-state index < -0.39 is 0 Å². The molecule has 0 N–H and O–H groups in total. The van der Waals surface area contributed by atoms with E-state index in [2.05, 4.69) is 71.1 Å². The van der Waals surface area contributed by atoms with Crippen LogP contribution >= 0.6 is 0 Å². The zero-order valence-electron chi connectivity index (χ0n) is 27.7. The van der Waals surface area contributed by atoms with Gasteiger partial charge in [-0.05, 0) is 70.9 Å². The number of amides is 1. The third-order valence-corrected chi connectivity index (χ3v) is 9.65. The first-order chi connectivity index (χ1) is 22.3. The van der Waals surface area contributed by atoms with Gasteiger partial charge in [0.2, 0.25) is 5.91 Å². The van der Waals surface area contributed by atoms with Crippen molar-refractivity contribution in [3.63, 3.8) is 0 Å². The monoisotopic (exact) mass is 622 g/mol. The molecule has 1 amide bonds. The summed E-state index contributed by atoms with van der Waals surface area (Å²) in [5.41, 5.74) is 4.61. The quantitative estimate of drug-likeness (QED) is 0.328. The summed E-state index contributed by atoms with van der Waals surface area (Å²) in [7, 11) is 6.09. The number of aromatic nitrogens is 2. The number of benzene rings is 2. The minimum atomic E-state index is -0.226. The Kier molecular flexibility index (Phi) is 9.71. The van der Waals surface area contributed by atoms with Crippen LogP contribution in [0.5, 0.6) is 6.01 Å². The van der Waals surface area contributed by atoms with Crippen LogP contribution in [0.1, 0.15) is 36.1 Å². The van der Waals surface area contributed by atoms with E-state index in [1.165, 1.54) is 28.4 Å². The summed E-state index contributed by atoms with van der Waals surface area (Å²) in [5.74, 6) is 0.837. The van der Waals surface area contributed by atoms with Crippen molar-refractivity contribution in [3.05, 3.63) is 65.4 Å². The molecule has 0 unspecified atom stereocenters. The van der Waals surface area contributed by atoms with Crippen molar-refractivity contribution in [2.24, 2.45) is 0 Å². The van der Waals surface area contributed by atoms with Crippen molar-refractivity contribution in [3.8, 4) is 12.1 Å². The predicted octanol–water partition coefficient (Wildman–Crippen LogP) is 4.02. The summed E-state index contributed by atoms with van der Waals surface area (Å²) in [6.45, 7) is 7.72. The molecule has 2 saturated heterocycles. The van der Waals surface area contributed by atoms with Gasteiger partial charge in [0.25, 0.3) is 0 Å². The van der Waals surface area contributed by atoms with Crippen LogP contribution in [0.3, 0.4) is 0 Å². The number of nitriles is 1. The van der Waals surface area contributed by atoms with E-state index in [0.29, 0.717) is 51.4 Å². The number of likely N-dealkylation sites (N-methyl/N-ethyl adjacent to an activating group) is 2. The predicted molar refractivity (Wildman–Crippen MR) is 182 cm³/mol. The fourth-order valence-corrected chi connectivity index (χ4v) is 7.13. The molecule has 10 nitrogen and oxygen atoms in total. The number of piperazine rings is 1. The van der Waals surface area contributed by atoms with Gasteiger partial charge in [0, 0.05) is 61.5 Å². The smallest absolute Gasteiger partial charge is 0.318 e. The number of anilines is 2. The maximum Gasteiger partial charge on any atom is 0.318 e. The number of carbonyl (C=O) groups excluding carboxylic acids is 1. The van der Waals surface area contributed by atoms with Gasteiger partial charge >= 0.3 is 6.01 Å². The second-order valence-corrected chi connectivity index (χ2v) is 13.1. The Morgan fingerprint density at radius 1 is 1.09 bits per heavy atom. The minimum Gasteiger partial charge on any atom is -0.462 e. The van der Waals surface area contributed by atoms with Gasteiger partial charge in [-0.15, -0.1) is 0 Å². The first-order valence-corrected chi connectivity index (χ1v) is 16.5. The number of hydrogen-bond donors (Lipinski definition) is 0. The fourth-order valence-electron chi connectivity index (χ4n) is 7.13. The lowest BCUT2D eigenvalue weighted by molar-refractivity contribution is -0.128. The zero-order chi connectivity index (χ0) is 32.2. The van der Waals surface area contributed by atoms with Crippen molar-refractivity contribution in [1.29, 1.82) is 5.26 Å². The number of hydrogen-bond acceptors (Lipinski definition) is 9. The molecule has 0 saturated carbocycles. The third-order valence-electron chi connectivity index (χ3n) is 9.65. The number of fused-ring (bicyclic) bond motifs is 2. The van der Waals surface area contributed by atoms with Crippen molar-refractivity contribution >= 4 is 28.2 Å². The lowest BCUT2D eigenvalue weighted by atomic mass is 9.99. The van der Waals surface area contributed by atoms with Gasteiger partial charge in [-0.3, -0.25) is 4.79 Å². The molecular weight excluding hydrogens is 576 g/mol. The number of ether oxygens (including phenoxy) is 1. The summed E-state index contributed by atoms with van der Waals surface area (Å²) in [5, 5.41) is 12.2. The second kappa shape index (κ2) is 14.1. The standard InChI is InChI=1S/C36H46N8O2/c1-26-9-5-10-27-11-6-13-32(34(26)27)42-20-16-30-31(24-42)38-36(46-25-29-12-7-19-41(29)4)39-35(30)43-21-22-44(28(23-43)15-17-37)33(45)14-8-18-40(2)3/h5-6,8-11,13-14,28-29H,7,12,15-16,18-25H2,1-4H3/b14-8+/t28-,29-/m0/s1. The Bertz CT molecular complexity index is 1630. The van der Waals surface area contributed by atoms with E-state index in [1.807, 2.05) is 30.0 Å². The number of likely N-dealkylation sites (tertiary alicyclic amines) is 1. The highest BCUT2D eigenvalue weighted by molar-refractivity contribution is 5.97. The summed E-state index contributed by atoms with van der Waals surface area (Å²) in [6, 6.07) is 15.9. The number of aryl methyl sites for hydroxylation is 1. The average Bonchev–Trinajstić information content (AvgIpc) is 3.47. The molecule has 2 atom stereocenters. The Labute approximate surface area is 272 Å². The van der Waals surface area contributed by atoms with E-state index >= 15 is 0 Å². The minimum absolute atomic E-state index is 0.0443. The molecule has 6 rings (SSSR count). The topological polar surface area (TPSA) is 92.1 Å². The molecule has 1 aromatic heterocycles. The van der Waals surface area contributed by atoms with E-state index in [1.54, 1.807) is 6.08 Å². The normalized spacial score (nSPS) is 20.5. The molecule has 46 heavy (non-hydrogen) atoms. The summed E-state index contributed by atoms with van der Waals surface area (Å²) < 4.78 is 6.35. The van der Waals surface area contributed by atoms with E-state index in [0.717, 1.165) is 43.0 Å². The summed E-state index contributed by atoms with van der Waals surface area (Å²) in [6.07, 6.45) is 6.87. The van der Waals surface area contributed by atoms with E-state index in [-0.39, 0.29) is 18.4 Å². The van der Waals surface area contributed by atoms with Crippen molar-refractivity contribution in [2.75, 3.05) is 76.8 Å². The van der Waals surface area contributed by atoms with Crippen LogP contribution in [-0.2, 0) is 17.8 Å². The van der Waals surface area contributed by atoms with Crippen LogP contribution < -0.4 is 14.5 Å². The molecular formula is C36H46N8O2. The molecule has 0 radical (unpaired) electrons. The fraction of sp³-hybridized carbons (Fsp3) is 0.500. The number of rotatable bonds is 9. The van der Waals surface area contributed by atoms with Gasteiger partial charge in [0.15, 0.2) is 0 Å². The molecule has 3 aliphatic heterocycles. The molecule has 3 aromatic rings. The van der Waals surface area contributed by atoms with Gasteiger partial charge in [0.1, 0.15) is 12.4 Å². The van der Waals surface area contributed by atoms with Crippen molar-refractivity contribution < 1.29 is 9.53 Å².